The number of aromatic nitrogens is 1. The predicted molar refractivity (Wildman–Crippen MR) is 76.7 cm³/mol. The number of rotatable bonds is 5. The van der Waals surface area contributed by atoms with Crippen molar-refractivity contribution in [3.8, 4) is 0 Å². The molecule has 2 aromatic rings. The standard InChI is InChI=1S/C13H12BrNO3S/c1-18-7-10-12(13(16)17)19-11(15-10)6-8-2-4-9(14)5-3-8/h2-5H,6-7H2,1H3,(H,16,17). The fourth-order valence-corrected chi connectivity index (χ4v) is 2.86. The third-order valence-corrected chi connectivity index (χ3v) is 4.10. The topological polar surface area (TPSA) is 59.4 Å². The largest absolute Gasteiger partial charge is 0.477 e. The summed E-state index contributed by atoms with van der Waals surface area (Å²) in [5, 5.41) is 9.90. The van der Waals surface area contributed by atoms with Crippen molar-refractivity contribution in [2.75, 3.05) is 7.11 Å². The Balaban J connectivity index is 2.23. The van der Waals surface area contributed by atoms with Crippen molar-refractivity contribution in [3.63, 3.8) is 0 Å². The number of nitrogens with zero attached hydrogens (tertiary/aromatic N) is 1. The van der Waals surface area contributed by atoms with Crippen molar-refractivity contribution in [1.82, 2.24) is 4.98 Å². The molecule has 1 aromatic heterocycles. The molecule has 100 valence electrons. The van der Waals surface area contributed by atoms with E-state index in [2.05, 4.69) is 20.9 Å². The molecule has 0 saturated carbocycles. The van der Waals surface area contributed by atoms with Gasteiger partial charge in [-0.2, -0.15) is 0 Å². The monoisotopic (exact) mass is 341 g/mol. The summed E-state index contributed by atoms with van der Waals surface area (Å²) in [6.07, 6.45) is 0.627. The molecule has 4 nitrogen and oxygen atoms in total. The van der Waals surface area contributed by atoms with Crippen molar-refractivity contribution in [3.05, 3.63) is 49.9 Å². The van der Waals surface area contributed by atoms with Gasteiger partial charge in [0.05, 0.1) is 17.3 Å². The molecular formula is C13H12BrNO3S. The smallest absolute Gasteiger partial charge is 0.347 e. The molecule has 0 radical (unpaired) electrons. The molecule has 2 rings (SSSR count). The van der Waals surface area contributed by atoms with Crippen LogP contribution in [0.5, 0.6) is 0 Å². The van der Waals surface area contributed by atoms with E-state index in [1.165, 1.54) is 18.4 Å². The van der Waals surface area contributed by atoms with Crippen molar-refractivity contribution in [2.45, 2.75) is 13.0 Å². The Morgan fingerprint density at radius 2 is 2.11 bits per heavy atom. The first-order valence-electron chi connectivity index (χ1n) is 5.55. The maximum atomic E-state index is 11.1. The Bertz CT molecular complexity index is 580. The van der Waals surface area contributed by atoms with Gasteiger partial charge in [-0.15, -0.1) is 11.3 Å². The summed E-state index contributed by atoms with van der Waals surface area (Å²) in [6.45, 7) is 0.221. The van der Waals surface area contributed by atoms with E-state index < -0.39 is 5.97 Å². The van der Waals surface area contributed by atoms with Crippen molar-refractivity contribution >= 4 is 33.2 Å². The highest BCUT2D eigenvalue weighted by molar-refractivity contribution is 9.10. The van der Waals surface area contributed by atoms with Crippen LogP contribution in [0, 0.1) is 0 Å². The lowest BCUT2D eigenvalue weighted by Crippen LogP contribution is -1.99. The second-order valence-electron chi connectivity index (χ2n) is 3.92. The molecule has 0 spiro atoms. The zero-order valence-electron chi connectivity index (χ0n) is 10.2. The van der Waals surface area contributed by atoms with Gasteiger partial charge in [-0.05, 0) is 17.7 Å². The number of carbonyl (C=O) groups is 1. The first-order chi connectivity index (χ1) is 9.10. The van der Waals surface area contributed by atoms with E-state index >= 15 is 0 Å². The molecule has 0 aliphatic rings. The summed E-state index contributed by atoms with van der Waals surface area (Å²) in [7, 11) is 1.53. The third kappa shape index (κ3) is 3.62. The second kappa shape index (κ2) is 6.27. The molecule has 1 aromatic carbocycles. The van der Waals surface area contributed by atoms with Gasteiger partial charge in [-0.3, -0.25) is 0 Å². The van der Waals surface area contributed by atoms with E-state index in [4.69, 9.17) is 9.84 Å². The van der Waals surface area contributed by atoms with Crippen LogP contribution in [-0.2, 0) is 17.8 Å². The van der Waals surface area contributed by atoms with Gasteiger partial charge >= 0.3 is 5.97 Å². The van der Waals surface area contributed by atoms with Gasteiger partial charge in [0, 0.05) is 18.0 Å². The first-order valence-corrected chi connectivity index (χ1v) is 7.16. The van der Waals surface area contributed by atoms with Gasteiger partial charge in [0.2, 0.25) is 0 Å². The minimum Gasteiger partial charge on any atom is -0.477 e. The Hall–Kier alpha value is -1.24. The summed E-state index contributed by atoms with van der Waals surface area (Å²) < 4.78 is 5.99. The fraction of sp³-hybridized carbons (Fsp3) is 0.231. The number of halogens is 1. The van der Waals surface area contributed by atoms with Crippen molar-refractivity contribution in [1.29, 1.82) is 0 Å². The van der Waals surface area contributed by atoms with Crippen LogP contribution in [0.1, 0.15) is 25.9 Å². The summed E-state index contributed by atoms with van der Waals surface area (Å²) in [5.74, 6) is -0.952. The van der Waals surface area contributed by atoms with Crippen LogP contribution < -0.4 is 0 Å². The van der Waals surface area contributed by atoms with Gasteiger partial charge in [-0.25, -0.2) is 9.78 Å². The maximum Gasteiger partial charge on any atom is 0.347 e. The van der Waals surface area contributed by atoms with Crippen LogP contribution >= 0.6 is 27.3 Å². The average molecular weight is 342 g/mol. The highest BCUT2D eigenvalue weighted by Crippen LogP contribution is 2.22. The van der Waals surface area contributed by atoms with E-state index in [1.807, 2.05) is 24.3 Å². The maximum absolute atomic E-state index is 11.1. The zero-order valence-corrected chi connectivity index (χ0v) is 12.6. The summed E-state index contributed by atoms with van der Waals surface area (Å²) >= 11 is 4.58. The molecule has 1 N–H and O–H groups in total. The van der Waals surface area contributed by atoms with Gasteiger partial charge in [-0.1, -0.05) is 28.1 Å². The van der Waals surface area contributed by atoms with E-state index in [0.717, 1.165) is 15.0 Å². The number of benzene rings is 1. The van der Waals surface area contributed by atoms with Crippen molar-refractivity contribution in [2.24, 2.45) is 0 Å². The minimum atomic E-state index is -0.952. The highest BCUT2D eigenvalue weighted by Gasteiger charge is 2.17. The quantitative estimate of drug-likeness (QED) is 0.905. The Morgan fingerprint density at radius 3 is 2.68 bits per heavy atom. The molecule has 0 atom stereocenters. The number of methoxy groups -OCH3 is 1. The molecule has 6 heteroatoms. The van der Waals surface area contributed by atoms with E-state index in [1.54, 1.807) is 0 Å². The van der Waals surface area contributed by atoms with Crippen LogP contribution in [-0.4, -0.2) is 23.2 Å². The molecule has 0 aliphatic carbocycles. The average Bonchev–Trinajstić information content (AvgIpc) is 2.76. The molecule has 19 heavy (non-hydrogen) atoms. The molecule has 1 heterocycles. The molecule has 0 unspecified atom stereocenters. The molecule has 0 aliphatic heterocycles. The van der Waals surface area contributed by atoms with Crippen LogP contribution in [0.25, 0.3) is 0 Å². The lowest BCUT2D eigenvalue weighted by molar-refractivity contribution is 0.0697. The first kappa shape index (κ1) is 14.2. The van der Waals surface area contributed by atoms with E-state index in [0.29, 0.717) is 12.1 Å². The van der Waals surface area contributed by atoms with E-state index in [-0.39, 0.29) is 11.5 Å². The number of ether oxygens (including phenoxy) is 1. The van der Waals surface area contributed by atoms with Crippen LogP contribution in [0.2, 0.25) is 0 Å². The van der Waals surface area contributed by atoms with Crippen LogP contribution in [0.15, 0.2) is 28.7 Å². The fourth-order valence-electron chi connectivity index (χ4n) is 1.65. The van der Waals surface area contributed by atoms with Gasteiger partial charge in [0.15, 0.2) is 0 Å². The Morgan fingerprint density at radius 1 is 1.42 bits per heavy atom. The van der Waals surface area contributed by atoms with Crippen LogP contribution in [0.3, 0.4) is 0 Å². The SMILES string of the molecule is COCc1nc(Cc2ccc(Br)cc2)sc1C(=O)O. The van der Waals surface area contributed by atoms with Gasteiger partial charge in [0.25, 0.3) is 0 Å². The molecular weight excluding hydrogens is 330 g/mol. The summed E-state index contributed by atoms with van der Waals surface area (Å²) in [5.41, 5.74) is 1.59. The number of hydrogen-bond donors (Lipinski definition) is 1. The predicted octanol–water partition coefficient (Wildman–Crippen LogP) is 3.34. The normalized spacial score (nSPS) is 10.6. The number of carboxylic acid groups (broad SMARTS) is 1. The Kier molecular flexibility index (Phi) is 4.68. The molecule has 0 fully saturated rings. The molecule has 0 amide bonds. The highest BCUT2D eigenvalue weighted by atomic mass is 79.9. The summed E-state index contributed by atoms with van der Waals surface area (Å²) in [6, 6.07) is 7.89. The van der Waals surface area contributed by atoms with Gasteiger partial charge < -0.3 is 9.84 Å². The number of carboxylic acids is 1. The summed E-state index contributed by atoms with van der Waals surface area (Å²) in [4.78, 5) is 15.7. The lowest BCUT2D eigenvalue weighted by Gasteiger charge is -1.98. The molecule has 0 bridgehead atoms. The third-order valence-electron chi connectivity index (χ3n) is 2.49. The second-order valence-corrected chi connectivity index (χ2v) is 5.92. The number of hydrogen-bond acceptors (Lipinski definition) is 4. The minimum absolute atomic E-state index is 0.221. The van der Waals surface area contributed by atoms with Gasteiger partial charge in [0.1, 0.15) is 4.88 Å². The number of aromatic carboxylic acids is 1. The Labute approximate surface area is 123 Å². The number of thiazole rings is 1. The van der Waals surface area contributed by atoms with E-state index in [9.17, 15) is 4.79 Å². The zero-order chi connectivity index (χ0) is 13.8. The van der Waals surface area contributed by atoms with Crippen molar-refractivity contribution < 1.29 is 14.6 Å². The molecule has 0 saturated heterocycles. The lowest BCUT2D eigenvalue weighted by atomic mass is 10.2. The van der Waals surface area contributed by atoms with Crippen LogP contribution in [0.4, 0.5) is 0 Å².